The molecule has 2 N–H and O–H groups in total. The van der Waals surface area contributed by atoms with E-state index in [2.05, 4.69) is 22.5 Å². The first kappa shape index (κ1) is 19.7. The lowest BCUT2D eigenvalue weighted by atomic mass is 10.2. The molecule has 1 saturated heterocycles. The minimum Gasteiger partial charge on any atom is -0.356 e. The van der Waals surface area contributed by atoms with Crippen LogP contribution < -0.4 is 10.6 Å². The van der Waals surface area contributed by atoms with E-state index in [1.165, 1.54) is 0 Å². The zero-order valence-electron chi connectivity index (χ0n) is 15.3. The summed E-state index contributed by atoms with van der Waals surface area (Å²) in [5.41, 5.74) is 0.927. The average Bonchev–Trinajstić information content (AvgIpc) is 2.65. The molecule has 0 spiro atoms. The first-order valence-electron chi connectivity index (χ1n) is 9.11. The standard InChI is InChI=1S/C18H30N4O2S/c1-3-4-11-20-18(19-2)21-15-16-9-8-10-17(14-16)25(23,24)22-12-6-5-7-13-22/h8-10,14H,3-7,11-13,15H2,1-2H3,(H2,19,20,21). The maximum atomic E-state index is 12.8. The summed E-state index contributed by atoms with van der Waals surface area (Å²) in [6.45, 7) is 4.80. The molecular weight excluding hydrogens is 336 g/mol. The predicted molar refractivity (Wildman–Crippen MR) is 102 cm³/mol. The maximum absolute atomic E-state index is 12.8. The molecule has 0 atom stereocenters. The lowest BCUT2D eigenvalue weighted by Crippen LogP contribution is -2.37. The summed E-state index contributed by atoms with van der Waals surface area (Å²) >= 11 is 0. The topological polar surface area (TPSA) is 73.8 Å². The van der Waals surface area contributed by atoms with Gasteiger partial charge in [-0.1, -0.05) is 31.9 Å². The quantitative estimate of drug-likeness (QED) is 0.441. The lowest BCUT2D eigenvalue weighted by molar-refractivity contribution is 0.346. The molecule has 140 valence electrons. The van der Waals surface area contributed by atoms with E-state index in [0.29, 0.717) is 24.5 Å². The van der Waals surface area contributed by atoms with Crippen LogP contribution in [0.4, 0.5) is 0 Å². The molecule has 0 aromatic heterocycles. The molecule has 1 aromatic rings. The van der Waals surface area contributed by atoms with Crippen LogP contribution >= 0.6 is 0 Å². The van der Waals surface area contributed by atoms with Crippen LogP contribution in [0.5, 0.6) is 0 Å². The van der Waals surface area contributed by atoms with E-state index in [4.69, 9.17) is 0 Å². The normalized spacial score (nSPS) is 16.6. The van der Waals surface area contributed by atoms with E-state index in [1.54, 1.807) is 29.6 Å². The van der Waals surface area contributed by atoms with Crippen molar-refractivity contribution in [1.82, 2.24) is 14.9 Å². The van der Waals surface area contributed by atoms with Crippen LogP contribution in [0.2, 0.25) is 0 Å². The van der Waals surface area contributed by atoms with Crippen LogP contribution in [0.25, 0.3) is 0 Å². The average molecular weight is 367 g/mol. The van der Waals surface area contributed by atoms with Gasteiger partial charge in [-0.3, -0.25) is 4.99 Å². The van der Waals surface area contributed by atoms with Gasteiger partial charge in [0.25, 0.3) is 0 Å². The van der Waals surface area contributed by atoms with Crippen LogP contribution in [0.3, 0.4) is 0 Å². The first-order chi connectivity index (χ1) is 12.1. The van der Waals surface area contributed by atoms with Crippen LogP contribution in [0.1, 0.15) is 44.6 Å². The number of nitrogens with one attached hydrogen (secondary N) is 2. The number of hydrogen-bond donors (Lipinski definition) is 2. The van der Waals surface area contributed by atoms with E-state index in [0.717, 1.165) is 50.2 Å². The summed E-state index contributed by atoms with van der Waals surface area (Å²) in [5, 5.41) is 6.48. The first-order valence-corrected chi connectivity index (χ1v) is 10.6. The lowest BCUT2D eigenvalue weighted by Gasteiger charge is -2.26. The number of piperidine rings is 1. The second-order valence-corrected chi connectivity index (χ2v) is 8.26. The summed E-state index contributed by atoms with van der Waals surface area (Å²) in [5.74, 6) is 0.734. The molecule has 0 saturated carbocycles. The van der Waals surface area contributed by atoms with E-state index in [-0.39, 0.29) is 0 Å². The Morgan fingerprint density at radius 3 is 2.64 bits per heavy atom. The van der Waals surface area contributed by atoms with Crippen LogP contribution in [0, 0.1) is 0 Å². The smallest absolute Gasteiger partial charge is 0.243 e. The fourth-order valence-electron chi connectivity index (χ4n) is 2.86. The number of sulfonamides is 1. The molecule has 1 fully saturated rings. The minimum atomic E-state index is -3.39. The van der Waals surface area contributed by atoms with Gasteiger partial charge in [0.05, 0.1) is 4.90 Å². The fourth-order valence-corrected chi connectivity index (χ4v) is 4.45. The van der Waals surface area contributed by atoms with Gasteiger partial charge in [0, 0.05) is 33.2 Å². The summed E-state index contributed by atoms with van der Waals surface area (Å²) in [7, 11) is -1.65. The van der Waals surface area contributed by atoms with Gasteiger partial charge in [-0.05, 0) is 37.0 Å². The highest BCUT2D eigenvalue weighted by Crippen LogP contribution is 2.21. The molecule has 0 aliphatic carbocycles. The zero-order chi connectivity index (χ0) is 18.1. The van der Waals surface area contributed by atoms with E-state index in [1.807, 2.05) is 6.07 Å². The summed E-state index contributed by atoms with van der Waals surface area (Å²) in [6.07, 6.45) is 5.21. The Balaban J connectivity index is 2.00. The van der Waals surface area contributed by atoms with Crippen molar-refractivity contribution in [2.24, 2.45) is 4.99 Å². The molecule has 1 heterocycles. The Labute approximate surface area is 151 Å². The molecule has 1 aliphatic heterocycles. The van der Waals surface area contributed by atoms with Gasteiger partial charge in [0.1, 0.15) is 0 Å². The Morgan fingerprint density at radius 2 is 1.96 bits per heavy atom. The Morgan fingerprint density at radius 1 is 1.20 bits per heavy atom. The molecule has 7 heteroatoms. The van der Waals surface area contributed by atoms with Crippen molar-refractivity contribution >= 4 is 16.0 Å². The van der Waals surface area contributed by atoms with Crippen LogP contribution in [-0.4, -0.2) is 45.4 Å². The highest BCUT2D eigenvalue weighted by molar-refractivity contribution is 7.89. The predicted octanol–water partition coefficient (Wildman–Crippen LogP) is 2.33. The fraction of sp³-hybridized carbons (Fsp3) is 0.611. The second kappa shape index (κ2) is 9.77. The minimum absolute atomic E-state index is 0.377. The number of hydrogen-bond acceptors (Lipinski definition) is 3. The number of aliphatic imine (C=N–C) groups is 1. The van der Waals surface area contributed by atoms with Gasteiger partial charge in [-0.25, -0.2) is 8.42 Å². The van der Waals surface area contributed by atoms with Crippen molar-refractivity contribution in [1.29, 1.82) is 0 Å². The summed E-state index contributed by atoms with van der Waals surface area (Å²) < 4.78 is 27.2. The molecule has 1 aliphatic rings. The van der Waals surface area contributed by atoms with Gasteiger partial charge in [-0.15, -0.1) is 0 Å². The maximum Gasteiger partial charge on any atom is 0.243 e. The van der Waals surface area contributed by atoms with E-state index < -0.39 is 10.0 Å². The van der Waals surface area contributed by atoms with Gasteiger partial charge >= 0.3 is 0 Å². The molecule has 0 amide bonds. The van der Waals surface area contributed by atoms with Crippen molar-refractivity contribution in [3.63, 3.8) is 0 Å². The Hall–Kier alpha value is -1.60. The van der Waals surface area contributed by atoms with Gasteiger partial charge < -0.3 is 10.6 Å². The van der Waals surface area contributed by atoms with Crippen molar-refractivity contribution in [2.75, 3.05) is 26.7 Å². The van der Waals surface area contributed by atoms with Crippen molar-refractivity contribution in [2.45, 2.75) is 50.5 Å². The molecule has 25 heavy (non-hydrogen) atoms. The third-order valence-electron chi connectivity index (χ3n) is 4.36. The highest BCUT2D eigenvalue weighted by Gasteiger charge is 2.25. The molecule has 1 aromatic carbocycles. The van der Waals surface area contributed by atoms with E-state index >= 15 is 0 Å². The van der Waals surface area contributed by atoms with E-state index in [9.17, 15) is 8.42 Å². The monoisotopic (exact) mass is 366 g/mol. The SMILES string of the molecule is CCCCNC(=NC)NCc1cccc(S(=O)(=O)N2CCCCC2)c1. The van der Waals surface area contributed by atoms with Gasteiger partial charge in [0.2, 0.25) is 10.0 Å². The van der Waals surface area contributed by atoms with Crippen LogP contribution in [-0.2, 0) is 16.6 Å². The molecule has 0 bridgehead atoms. The third-order valence-corrected chi connectivity index (χ3v) is 6.25. The number of nitrogens with zero attached hydrogens (tertiary/aromatic N) is 2. The molecule has 6 nitrogen and oxygen atoms in total. The number of guanidine groups is 1. The van der Waals surface area contributed by atoms with Crippen molar-refractivity contribution < 1.29 is 8.42 Å². The summed E-state index contributed by atoms with van der Waals surface area (Å²) in [6, 6.07) is 7.18. The number of rotatable bonds is 7. The third kappa shape index (κ3) is 5.71. The zero-order valence-corrected chi connectivity index (χ0v) is 16.1. The van der Waals surface area contributed by atoms with Crippen molar-refractivity contribution in [3.05, 3.63) is 29.8 Å². The molecule has 0 radical (unpaired) electrons. The Bertz CT molecular complexity index is 667. The molecule has 0 unspecified atom stereocenters. The highest BCUT2D eigenvalue weighted by atomic mass is 32.2. The van der Waals surface area contributed by atoms with Gasteiger partial charge in [0.15, 0.2) is 5.96 Å². The Kier molecular flexibility index (Phi) is 7.71. The molecular formula is C18H30N4O2S. The number of unbranched alkanes of at least 4 members (excludes halogenated alkanes) is 1. The largest absolute Gasteiger partial charge is 0.356 e. The van der Waals surface area contributed by atoms with Crippen LogP contribution in [0.15, 0.2) is 34.2 Å². The van der Waals surface area contributed by atoms with Crippen molar-refractivity contribution in [3.8, 4) is 0 Å². The summed E-state index contributed by atoms with van der Waals surface area (Å²) in [4.78, 5) is 4.56. The van der Waals surface area contributed by atoms with Gasteiger partial charge in [-0.2, -0.15) is 4.31 Å². The number of benzene rings is 1. The molecule has 2 rings (SSSR count). The second-order valence-electron chi connectivity index (χ2n) is 6.32.